The lowest BCUT2D eigenvalue weighted by atomic mass is 9.96. The largest absolute Gasteiger partial charge is 0.366 e. The summed E-state index contributed by atoms with van der Waals surface area (Å²) in [5.41, 5.74) is 3.18. The SMILES string of the molecule is CCC=CC(=O)NCc1ccccc1C(=S)NC1(c2cccc3ccccc23)CC1. The van der Waals surface area contributed by atoms with E-state index in [4.69, 9.17) is 12.2 Å². The number of hydrogen-bond donors (Lipinski definition) is 2. The molecular weight excluding hydrogens is 388 g/mol. The molecule has 0 atom stereocenters. The van der Waals surface area contributed by atoms with Crippen LogP contribution in [0.1, 0.15) is 42.9 Å². The second-order valence-electron chi connectivity index (χ2n) is 7.75. The molecule has 1 amide bonds. The van der Waals surface area contributed by atoms with Crippen molar-refractivity contribution in [1.82, 2.24) is 10.6 Å². The zero-order valence-corrected chi connectivity index (χ0v) is 18.0. The molecule has 0 unspecified atom stereocenters. The number of benzene rings is 3. The number of allylic oxidation sites excluding steroid dienone is 1. The highest BCUT2D eigenvalue weighted by atomic mass is 32.1. The number of carbonyl (C=O) groups excluding carboxylic acids is 1. The summed E-state index contributed by atoms with van der Waals surface area (Å²) in [6.07, 6.45) is 6.39. The third kappa shape index (κ3) is 4.29. The molecule has 0 heterocycles. The Hall–Kier alpha value is -2.98. The van der Waals surface area contributed by atoms with Gasteiger partial charge in [-0.3, -0.25) is 4.79 Å². The maximum Gasteiger partial charge on any atom is 0.243 e. The van der Waals surface area contributed by atoms with Crippen LogP contribution in [0.15, 0.2) is 78.9 Å². The van der Waals surface area contributed by atoms with E-state index in [1.807, 2.05) is 37.3 Å². The van der Waals surface area contributed by atoms with Crippen LogP contribution in [-0.4, -0.2) is 10.9 Å². The molecule has 0 spiro atoms. The van der Waals surface area contributed by atoms with Crippen molar-refractivity contribution >= 4 is 33.9 Å². The van der Waals surface area contributed by atoms with Gasteiger partial charge in [0.2, 0.25) is 5.91 Å². The molecule has 0 radical (unpaired) electrons. The topological polar surface area (TPSA) is 41.1 Å². The van der Waals surface area contributed by atoms with Crippen molar-refractivity contribution in [2.24, 2.45) is 0 Å². The molecule has 0 saturated heterocycles. The van der Waals surface area contributed by atoms with E-state index in [0.717, 1.165) is 35.4 Å². The molecule has 4 rings (SSSR count). The Labute approximate surface area is 183 Å². The first-order valence-corrected chi connectivity index (χ1v) is 10.9. The lowest BCUT2D eigenvalue weighted by Gasteiger charge is -2.23. The zero-order chi connectivity index (χ0) is 21.0. The predicted molar refractivity (Wildman–Crippen MR) is 127 cm³/mol. The Kier molecular flexibility index (Phi) is 5.96. The number of thiocarbonyl (C=S) groups is 1. The molecule has 1 saturated carbocycles. The van der Waals surface area contributed by atoms with Crippen molar-refractivity contribution in [1.29, 1.82) is 0 Å². The van der Waals surface area contributed by atoms with Crippen molar-refractivity contribution in [3.63, 3.8) is 0 Å². The third-order valence-electron chi connectivity index (χ3n) is 5.63. The van der Waals surface area contributed by atoms with Gasteiger partial charge in [-0.2, -0.15) is 0 Å². The number of carbonyl (C=O) groups is 1. The van der Waals surface area contributed by atoms with Gasteiger partial charge in [0.05, 0.1) is 5.54 Å². The summed E-state index contributed by atoms with van der Waals surface area (Å²) in [4.78, 5) is 12.7. The van der Waals surface area contributed by atoms with Gasteiger partial charge in [0, 0.05) is 12.1 Å². The van der Waals surface area contributed by atoms with Gasteiger partial charge >= 0.3 is 0 Å². The molecule has 3 aromatic rings. The van der Waals surface area contributed by atoms with E-state index < -0.39 is 0 Å². The lowest BCUT2D eigenvalue weighted by molar-refractivity contribution is -0.116. The summed E-state index contributed by atoms with van der Waals surface area (Å²) in [5.74, 6) is -0.0834. The van der Waals surface area contributed by atoms with E-state index >= 15 is 0 Å². The Morgan fingerprint density at radius 2 is 1.77 bits per heavy atom. The first-order chi connectivity index (χ1) is 14.6. The average molecular weight is 415 g/mol. The van der Waals surface area contributed by atoms with Crippen LogP contribution < -0.4 is 10.6 Å². The summed E-state index contributed by atoms with van der Waals surface area (Å²) in [6, 6.07) is 23.0. The van der Waals surface area contributed by atoms with Gasteiger partial charge < -0.3 is 10.6 Å². The second kappa shape index (κ2) is 8.80. The van der Waals surface area contributed by atoms with E-state index in [1.165, 1.54) is 16.3 Å². The molecule has 1 aliphatic carbocycles. The van der Waals surface area contributed by atoms with Gasteiger partial charge in [-0.15, -0.1) is 0 Å². The van der Waals surface area contributed by atoms with E-state index in [9.17, 15) is 4.79 Å². The van der Waals surface area contributed by atoms with Crippen LogP contribution in [0.25, 0.3) is 10.8 Å². The molecule has 0 aromatic heterocycles. The van der Waals surface area contributed by atoms with Crippen LogP contribution in [0.5, 0.6) is 0 Å². The van der Waals surface area contributed by atoms with Crippen LogP contribution in [0.2, 0.25) is 0 Å². The highest BCUT2D eigenvalue weighted by Crippen LogP contribution is 2.48. The first-order valence-electron chi connectivity index (χ1n) is 10.5. The number of fused-ring (bicyclic) bond motifs is 1. The number of hydrogen-bond acceptors (Lipinski definition) is 2. The molecular formula is C26H26N2OS. The fourth-order valence-corrected chi connectivity index (χ4v) is 4.27. The zero-order valence-electron chi connectivity index (χ0n) is 17.2. The molecule has 3 aromatic carbocycles. The smallest absolute Gasteiger partial charge is 0.243 e. The summed E-state index contributed by atoms with van der Waals surface area (Å²) >= 11 is 5.83. The minimum absolute atomic E-state index is 0.0834. The summed E-state index contributed by atoms with van der Waals surface area (Å²) < 4.78 is 0. The van der Waals surface area contributed by atoms with Crippen LogP contribution in [0, 0.1) is 0 Å². The van der Waals surface area contributed by atoms with Crippen molar-refractivity contribution in [2.45, 2.75) is 38.3 Å². The van der Waals surface area contributed by atoms with E-state index in [1.54, 1.807) is 6.08 Å². The molecule has 4 heteroatoms. The summed E-state index contributed by atoms with van der Waals surface area (Å²) in [6.45, 7) is 2.46. The Bertz CT molecular complexity index is 1110. The fraction of sp³-hybridized carbons (Fsp3) is 0.231. The van der Waals surface area contributed by atoms with E-state index in [2.05, 4.69) is 53.1 Å². The van der Waals surface area contributed by atoms with Crippen LogP contribution in [0.4, 0.5) is 0 Å². The number of rotatable bonds is 7. The standard InChI is InChI=1S/C26H26N2OS/c1-2-3-15-24(29)27-18-20-10-5-7-13-22(20)25(30)28-26(16-17-26)23-14-8-11-19-9-4-6-12-21(19)23/h3-15H,2,16-18H2,1H3,(H,27,29)(H,28,30). The minimum Gasteiger partial charge on any atom is -0.366 e. The number of amides is 1. The quantitative estimate of drug-likeness (QED) is 0.403. The van der Waals surface area contributed by atoms with Crippen molar-refractivity contribution in [3.8, 4) is 0 Å². The third-order valence-corrected chi connectivity index (χ3v) is 5.95. The lowest BCUT2D eigenvalue weighted by Crippen LogP contribution is -2.35. The minimum atomic E-state index is -0.113. The monoisotopic (exact) mass is 414 g/mol. The van der Waals surface area contributed by atoms with Crippen LogP contribution in [0.3, 0.4) is 0 Å². The van der Waals surface area contributed by atoms with E-state index in [-0.39, 0.29) is 11.4 Å². The molecule has 3 nitrogen and oxygen atoms in total. The highest BCUT2D eigenvalue weighted by molar-refractivity contribution is 7.80. The molecule has 30 heavy (non-hydrogen) atoms. The molecule has 0 bridgehead atoms. The Morgan fingerprint density at radius 3 is 2.57 bits per heavy atom. The predicted octanol–water partition coefficient (Wildman–Crippen LogP) is 5.38. The van der Waals surface area contributed by atoms with Crippen molar-refractivity contribution in [3.05, 3.63) is 95.6 Å². The van der Waals surface area contributed by atoms with Gasteiger partial charge in [0.25, 0.3) is 0 Å². The molecule has 2 N–H and O–H groups in total. The first kappa shape index (κ1) is 20.3. The Morgan fingerprint density at radius 1 is 1.03 bits per heavy atom. The maximum atomic E-state index is 12.0. The summed E-state index contributed by atoms with van der Waals surface area (Å²) in [7, 11) is 0. The van der Waals surface area contributed by atoms with E-state index in [0.29, 0.717) is 6.54 Å². The van der Waals surface area contributed by atoms with Gasteiger partial charge in [-0.25, -0.2) is 0 Å². The normalized spacial score (nSPS) is 14.6. The van der Waals surface area contributed by atoms with Crippen LogP contribution >= 0.6 is 12.2 Å². The molecule has 1 aliphatic rings. The van der Waals surface area contributed by atoms with Crippen LogP contribution in [-0.2, 0) is 16.9 Å². The molecule has 0 aliphatic heterocycles. The highest BCUT2D eigenvalue weighted by Gasteiger charge is 2.45. The average Bonchev–Trinajstić information content (AvgIpc) is 3.56. The van der Waals surface area contributed by atoms with Gasteiger partial charge in [0.1, 0.15) is 4.99 Å². The maximum absolute atomic E-state index is 12.0. The molecule has 152 valence electrons. The Balaban J connectivity index is 1.54. The number of nitrogens with one attached hydrogen (secondary N) is 2. The summed E-state index contributed by atoms with van der Waals surface area (Å²) in [5, 5.41) is 9.13. The van der Waals surface area contributed by atoms with Crippen molar-refractivity contribution in [2.75, 3.05) is 0 Å². The van der Waals surface area contributed by atoms with Gasteiger partial charge in [-0.05, 0) is 47.2 Å². The van der Waals surface area contributed by atoms with Gasteiger partial charge in [-0.1, -0.05) is 91.9 Å². The molecule has 1 fully saturated rings. The fourth-order valence-electron chi connectivity index (χ4n) is 3.88. The second-order valence-corrected chi connectivity index (χ2v) is 8.16. The van der Waals surface area contributed by atoms with Gasteiger partial charge in [0.15, 0.2) is 0 Å². The van der Waals surface area contributed by atoms with Crippen molar-refractivity contribution < 1.29 is 4.79 Å².